The minimum Gasteiger partial charge on any atom is -0.252 e. The number of aryl methyl sites for hydroxylation is 1. The number of aromatic nitrogens is 1. The van der Waals surface area contributed by atoms with Gasteiger partial charge in [-0.3, -0.25) is 4.98 Å². The maximum Gasteiger partial charge on any atom is 0.0752 e. The predicted octanol–water partition coefficient (Wildman–Crippen LogP) is 4.65. The normalized spacial score (nSPS) is 11.4. The highest BCUT2D eigenvalue weighted by Crippen LogP contribution is 2.26. The summed E-state index contributed by atoms with van der Waals surface area (Å²) in [6.07, 6.45) is 1.97. The number of pyridine rings is 1. The standard InChI is InChI=1S/C15H18ClN/c1-4-11-6-5-7-13-14(16)9-12(8-10(2)3)17-15(11)13/h5-7,9-10H,4,8H2,1-3H3. The number of hydrogen-bond donors (Lipinski definition) is 0. The number of rotatable bonds is 3. The van der Waals surface area contributed by atoms with Gasteiger partial charge in [0.1, 0.15) is 0 Å². The molecule has 0 fully saturated rings. The molecule has 0 radical (unpaired) electrons. The lowest BCUT2D eigenvalue weighted by molar-refractivity contribution is 0.637. The van der Waals surface area contributed by atoms with Crippen LogP contribution in [0.2, 0.25) is 5.02 Å². The van der Waals surface area contributed by atoms with Crippen molar-refractivity contribution in [3.8, 4) is 0 Å². The van der Waals surface area contributed by atoms with Gasteiger partial charge in [0.25, 0.3) is 0 Å². The van der Waals surface area contributed by atoms with Crippen molar-refractivity contribution in [1.82, 2.24) is 4.98 Å². The molecular formula is C15H18ClN. The summed E-state index contributed by atoms with van der Waals surface area (Å²) in [5.41, 5.74) is 3.44. The average molecular weight is 248 g/mol. The van der Waals surface area contributed by atoms with Crippen LogP contribution in [0.4, 0.5) is 0 Å². The Labute approximate surface area is 108 Å². The van der Waals surface area contributed by atoms with Crippen LogP contribution in [0.15, 0.2) is 24.3 Å². The van der Waals surface area contributed by atoms with Crippen LogP contribution in [0.25, 0.3) is 10.9 Å². The molecule has 0 aliphatic carbocycles. The molecule has 0 aliphatic rings. The number of fused-ring (bicyclic) bond motifs is 1. The molecule has 0 saturated heterocycles. The van der Waals surface area contributed by atoms with E-state index in [0.29, 0.717) is 5.92 Å². The summed E-state index contributed by atoms with van der Waals surface area (Å²) >= 11 is 6.33. The molecule has 0 atom stereocenters. The fraction of sp³-hybridized carbons (Fsp3) is 0.400. The van der Waals surface area contributed by atoms with Gasteiger partial charge in [-0.1, -0.05) is 50.6 Å². The van der Waals surface area contributed by atoms with Crippen LogP contribution in [0, 0.1) is 5.92 Å². The molecule has 17 heavy (non-hydrogen) atoms. The van der Waals surface area contributed by atoms with Gasteiger partial charge in [-0.15, -0.1) is 0 Å². The summed E-state index contributed by atoms with van der Waals surface area (Å²) in [6, 6.07) is 8.23. The second-order valence-electron chi connectivity index (χ2n) is 4.86. The highest BCUT2D eigenvalue weighted by atomic mass is 35.5. The first-order valence-electron chi connectivity index (χ1n) is 6.18. The first-order valence-corrected chi connectivity index (χ1v) is 6.56. The van der Waals surface area contributed by atoms with Crippen LogP contribution in [0.1, 0.15) is 32.0 Å². The zero-order chi connectivity index (χ0) is 12.4. The van der Waals surface area contributed by atoms with E-state index >= 15 is 0 Å². The number of nitrogens with zero attached hydrogens (tertiary/aromatic N) is 1. The second kappa shape index (κ2) is 5.05. The van der Waals surface area contributed by atoms with Crippen molar-refractivity contribution in [1.29, 1.82) is 0 Å². The van der Waals surface area contributed by atoms with Crippen molar-refractivity contribution < 1.29 is 0 Å². The lowest BCUT2D eigenvalue weighted by Crippen LogP contribution is -1.99. The summed E-state index contributed by atoms with van der Waals surface area (Å²) in [6.45, 7) is 6.55. The minimum absolute atomic E-state index is 0.602. The molecule has 1 heterocycles. The Morgan fingerprint density at radius 3 is 2.71 bits per heavy atom. The number of para-hydroxylation sites is 1. The summed E-state index contributed by atoms with van der Waals surface area (Å²) < 4.78 is 0. The Balaban J connectivity index is 2.61. The number of hydrogen-bond acceptors (Lipinski definition) is 1. The predicted molar refractivity (Wildman–Crippen MR) is 74.7 cm³/mol. The molecule has 1 nitrogen and oxygen atoms in total. The molecule has 90 valence electrons. The Morgan fingerprint density at radius 1 is 1.29 bits per heavy atom. The topological polar surface area (TPSA) is 12.9 Å². The highest BCUT2D eigenvalue weighted by Gasteiger charge is 2.08. The zero-order valence-electron chi connectivity index (χ0n) is 10.6. The molecule has 1 aromatic carbocycles. The summed E-state index contributed by atoms with van der Waals surface area (Å²) in [5, 5.41) is 1.89. The zero-order valence-corrected chi connectivity index (χ0v) is 11.4. The minimum atomic E-state index is 0.602. The monoisotopic (exact) mass is 247 g/mol. The van der Waals surface area contributed by atoms with E-state index in [0.717, 1.165) is 34.5 Å². The van der Waals surface area contributed by atoms with Crippen molar-refractivity contribution in [2.45, 2.75) is 33.6 Å². The van der Waals surface area contributed by atoms with Crippen LogP contribution < -0.4 is 0 Å². The van der Waals surface area contributed by atoms with Gasteiger partial charge in [-0.2, -0.15) is 0 Å². The van der Waals surface area contributed by atoms with Gasteiger partial charge in [-0.05, 0) is 30.4 Å². The molecule has 1 aromatic heterocycles. The maximum absolute atomic E-state index is 6.33. The molecule has 2 rings (SSSR count). The van der Waals surface area contributed by atoms with E-state index in [4.69, 9.17) is 16.6 Å². The van der Waals surface area contributed by atoms with Gasteiger partial charge in [0.2, 0.25) is 0 Å². The van der Waals surface area contributed by atoms with E-state index in [1.54, 1.807) is 0 Å². The van der Waals surface area contributed by atoms with Crippen molar-refractivity contribution in [2.75, 3.05) is 0 Å². The van der Waals surface area contributed by atoms with Gasteiger partial charge in [-0.25, -0.2) is 0 Å². The fourth-order valence-electron chi connectivity index (χ4n) is 2.12. The van der Waals surface area contributed by atoms with Crippen LogP contribution in [-0.4, -0.2) is 4.98 Å². The lowest BCUT2D eigenvalue weighted by atomic mass is 10.0. The average Bonchev–Trinajstić information content (AvgIpc) is 2.27. The molecule has 0 aliphatic heterocycles. The van der Waals surface area contributed by atoms with E-state index < -0.39 is 0 Å². The summed E-state index contributed by atoms with van der Waals surface area (Å²) in [7, 11) is 0. The highest BCUT2D eigenvalue weighted by molar-refractivity contribution is 6.35. The van der Waals surface area contributed by atoms with Gasteiger partial charge < -0.3 is 0 Å². The van der Waals surface area contributed by atoms with Crippen molar-refractivity contribution in [3.05, 3.63) is 40.5 Å². The molecule has 0 saturated carbocycles. The van der Waals surface area contributed by atoms with Gasteiger partial charge in [0, 0.05) is 11.1 Å². The van der Waals surface area contributed by atoms with Crippen molar-refractivity contribution >= 4 is 22.5 Å². The Morgan fingerprint density at radius 2 is 2.06 bits per heavy atom. The first kappa shape index (κ1) is 12.4. The SMILES string of the molecule is CCc1cccc2c(Cl)cc(CC(C)C)nc12. The quantitative estimate of drug-likeness (QED) is 0.770. The van der Waals surface area contributed by atoms with E-state index in [9.17, 15) is 0 Å². The van der Waals surface area contributed by atoms with E-state index in [-0.39, 0.29) is 0 Å². The smallest absolute Gasteiger partial charge is 0.0752 e. The first-order chi connectivity index (χ1) is 8.11. The molecule has 0 bridgehead atoms. The molecule has 2 aromatic rings. The van der Waals surface area contributed by atoms with Gasteiger partial charge in [0.15, 0.2) is 0 Å². The maximum atomic E-state index is 6.33. The third kappa shape index (κ3) is 2.61. The van der Waals surface area contributed by atoms with Gasteiger partial charge in [0.05, 0.1) is 10.5 Å². The third-order valence-electron chi connectivity index (χ3n) is 2.92. The fourth-order valence-corrected chi connectivity index (χ4v) is 2.40. The largest absolute Gasteiger partial charge is 0.252 e. The van der Waals surface area contributed by atoms with Gasteiger partial charge >= 0.3 is 0 Å². The van der Waals surface area contributed by atoms with E-state index in [1.165, 1.54) is 5.56 Å². The summed E-state index contributed by atoms with van der Waals surface area (Å²) in [4.78, 5) is 4.76. The summed E-state index contributed by atoms with van der Waals surface area (Å²) in [5.74, 6) is 0.602. The number of benzene rings is 1. The van der Waals surface area contributed by atoms with E-state index in [2.05, 4.69) is 32.9 Å². The Hall–Kier alpha value is -1.08. The van der Waals surface area contributed by atoms with Crippen LogP contribution in [-0.2, 0) is 12.8 Å². The Kier molecular flexibility index (Phi) is 3.68. The molecule has 0 unspecified atom stereocenters. The van der Waals surface area contributed by atoms with Crippen molar-refractivity contribution in [3.63, 3.8) is 0 Å². The van der Waals surface area contributed by atoms with E-state index in [1.807, 2.05) is 12.1 Å². The van der Waals surface area contributed by atoms with Crippen LogP contribution >= 0.6 is 11.6 Å². The Bertz CT molecular complexity index is 532. The number of halogens is 1. The molecule has 2 heteroatoms. The molecule has 0 spiro atoms. The molecule has 0 amide bonds. The van der Waals surface area contributed by atoms with Crippen LogP contribution in [0.5, 0.6) is 0 Å². The lowest BCUT2D eigenvalue weighted by Gasteiger charge is -2.10. The van der Waals surface area contributed by atoms with Crippen LogP contribution in [0.3, 0.4) is 0 Å². The second-order valence-corrected chi connectivity index (χ2v) is 5.27. The van der Waals surface area contributed by atoms with Crippen molar-refractivity contribution in [2.24, 2.45) is 5.92 Å². The molecular weight excluding hydrogens is 230 g/mol. The molecule has 0 N–H and O–H groups in total. The third-order valence-corrected chi connectivity index (χ3v) is 3.24.